The lowest BCUT2D eigenvalue weighted by molar-refractivity contribution is -0.158. The first-order valence-corrected chi connectivity index (χ1v) is 10.4. The van der Waals surface area contributed by atoms with Crippen molar-refractivity contribution in [1.82, 2.24) is 5.32 Å². The van der Waals surface area contributed by atoms with Gasteiger partial charge >= 0.3 is 18.0 Å². The summed E-state index contributed by atoms with van der Waals surface area (Å²) in [6.07, 6.45) is -0.0254. The van der Waals surface area contributed by atoms with Crippen LogP contribution in [0.4, 0.5) is 4.79 Å². The summed E-state index contributed by atoms with van der Waals surface area (Å²) in [5, 5.41) is 20.0. The lowest BCUT2D eigenvalue weighted by Gasteiger charge is -2.29. The number of carbonyl (C=O) groups excluding carboxylic acids is 1. The van der Waals surface area contributed by atoms with Crippen molar-refractivity contribution in [3.05, 3.63) is 0 Å². The molecule has 0 saturated heterocycles. The van der Waals surface area contributed by atoms with Crippen molar-refractivity contribution >= 4 is 18.0 Å². The largest absolute Gasteiger partial charge is 0.480 e. The molecule has 0 aromatic rings. The summed E-state index contributed by atoms with van der Waals surface area (Å²) < 4.78 is 15.4. The first-order valence-electron chi connectivity index (χ1n) is 10.4. The van der Waals surface area contributed by atoms with Crippen molar-refractivity contribution < 1.29 is 38.8 Å². The van der Waals surface area contributed by atoms with Crippen molar-refractivity contribution in [3.8, 4) is 0 Å². The fourth-order valence-corrected chi connectivity index (χ4v) is 2.06. The Hall–Kier alpha value is -1.91. The van der Waals surface area contributed by atoms with Gasteiger partial charge in [-0.2, -0.15) is 0 Å². The van der Waals surface area contributed by atoms with Crippen molar-refractivity contribution in [2.24, 2.45) is 11.1 Å². The molecule has 0 aliphatic rings. The highest BCUT2D eigenvalue weighted by molar-refractivity contribution is 5.73. The van der Waals surface area contributed by atoms with E-state index in [1.807, 2.05) is 13.8 Å². The number of carboxylic acid groups (broad SMARTS) is 2. The Kier molecular flexibility index (Phi) is 15.1. The smallest absolute Gasteiger partial charge is 0.407 e. The number of hydrogen-bond donors (Lipinski definition) is 4. The molecule has 0 aromatic carbocycles. The monoisotopic (exact) mass is 450 g/mol. The maximum Gasteiger partial charge on any atom is 0.407 e. The van der Waals surface area contributed by atoms with Gasteiger partial charge in [-0.15, -0.1) is 0 Å². The Labute approximate surface area is 185 Å². The minimum atomic E-state index is -1.00. The summed E-state index contributed by atoms with van der Waals surface area (Å²) in [5.41, 5.74) is 4.35. The average molecular weight is 451 g/mol. The number of aliphatic carboxylic acids is 2. The molecule has 0 saturated carbocycles. The fourth-order valence-electron chi connectivity index (χ4n) is 2.06. The quantitative estimate of drug-likeness (QED) is 0.371. The van der Waals surface area contributed by atoms with Crippen molar-refractivity contribution in [3.63, 3.8) is 0 Å². The number of rotatable bonds is 11. The van der Waals surface area contributed by atoms with Crippen LogP contribution >= 0.6 is 0 Å². The first kappa shape index (κ1) is 31.3. The molecule has 0 aliphatic carbocycles. The summed E-state index contributed by atoms with van der Waals surface area (Å²) in [7, 11) is 0. The van der Waals surface area contributed by atoms with Gasteiger partial charge in [0.2, 0.25) is 0 Å². The Morgan fingerprint density at radius 2 is 1.52 bits per heavy atom. The van der Waals surface area contributed by atoms with Gasteiger partial charge in [0.05, 0.1) is 19.3 Å². The Morgan fingerprint density at radius 3 is 1.87 bits per heavy atom. The molecule has 2 unspecified atom stereocenters. The lowest BCUT2D eigenvalue weighted by Crippen LogP contribution is -2.44. The maximum absolute atomic E-state index is 11.7. The summed E-state index contributed by atoms with van der Waals surface area (Å²) in [6.45, 7) is 14.8. The molecule has 0 rings (SSSR count). The zero-order valence-corrected chi connectivity index (χ0v) is 20.2. The minimum absolute atomic E-state index is 0.0423. The van der Waals surface area contributed by atoms with Gasteiger partial charge in [0.1, 0.15) is 12.2 Å². The molecule has 10 heteroatoms. The second-order valence-corrected chi connectivity index (χ2v) is 9.25. The maximum atomic E-state index is 11.7. The van der Waals surface area contributed by atoms with Crippen LogP contribution in [0.2, 0.25) is 0 Å². The molecule has 0 aliphatic heterocycles. The van der Waals surface area contributed by atoms with E-state index >= 15 is 0 Å². The molecule has 0 heterocycles. The number of nitrogens with two attached hydrogens (primary N) is 1. The standard InChI is InChI=1S/C15H29NO5.C6H13NO3/c1-8-10(16-13(19)21-15(5,6)7)9-20-11(12(17)18)14(2,3)4;1-2-5(7)3-10-4-6(8)9/h10-11H,8-9H2,1-7H3,(H,16,19)(H,17,18);5H,2-4,7H2,1H3,(H,8,9)/t10?,11-;/m1./s1. The zero-order valence-electron chi connectivity index (χ0n) is 20.2. The van der Waals surface area contributed by atoms with Crippen LogP contribution in [0.15, 0.2) is 0 Å². The van der Waals surface area contributed by atoms with Crippen LogP contribution < -0.4 is 11.1 Å². The van der Waals surface area contributed by atoms with Crippen LogP contribution in [-0.2, 0) is 23.8 Å². The van der Waals surface area contributed by atoms with E-state index in [0.29, 0.717) is 13.0 Å². The molecular formula is C21H42N2O8. The highest BCUT2D eigenvalue weighted by Crippen LogP contribution is 2.22. The third-order valence-electron chi connectivity index (χ3n) is 3.77. The minimum Gasteiger partial charge on any atom is -0.480 e. The number of nitrogens with one attached hydrogen (secondary N) is 1. The number of alkyl carbamates (subject to hydrolysis) is 1. The Balaban J connectivity index is 0. The van der Waals surface area contributed by atoms with Gasteiger partial charge in [-0.3, -0.25) is 0 Å². The highest BCUT2D eigenvalue weighted by atomic mass is 16.6. The van der Waals surface area contributed by atoms with E-state index in [9.17, 15) is 19.5 Å². The van der Waals surface area contributed by atoms with Gasteiger partial charge in [-0.25, -0.2) is 14.4 Å². The SMILES string of the molecule is CCC(CO[C@H](C(=O)O)C(C)(C)C)NC(=O)OC(C)(C)C.CCC(N)COCC(=O)O. The Bertz CT molecular complexity index is 540. The van der Waals surface area contributed by atoms with Crippen LogP contribution in [-0.4, -0.2) is 71.9 Å². The van der Waals surface area contributed by atoms with Crippen LogP contribution in [0.3, 0.4) is 0 Å². The van der Waals surface area contributed by atoms with Gasteiger partial charge in [0.25, 0.3) is 0 Å². The number of amides is 1. The molecule has 0 spiro atoms. The fraction of sp³-hybridized carbons (Fsp3) is 0.857. The van der Waals surface area contributed by atoms with Crippen molar-refractivity contribution in [1.29, 1.82) is 0 Å². The molecule has 0 aromatic heterocycles. The number of hydrogen-bond acceptors (Lipinski definition) is 7. The van der Waals surface area contributed by atoms with Crippen LogP contribution in [0.25, 0.3) is 0 Å². The second kappa shape index (κ2) is 15.0. The first-order chi connectivity index (χ1) is 14.0. The molecule has 0 radical (unpaired) electrons. The van der Waals surface area contributed by atoms with E-state index in [1.165, 1.54) is 0 Å². The van der Waals surface area contributed by atoms with E-state index in [4.69, 9.17) is 25.1 Å². The predicted octanol–water partition coefficient (Wildman–Crippen LogP) is 2.63. The molecular weight excluding hydrogens is 408 g/mol. The topological polar surface area (TPSA) is 157 Å². The number of ether oxygens (including phenoxy) is 3. The van der Waals surface area contributed by atoms with E-state index < -0.39 is 35.2 Å². The molecule has 5 N–H and O–H groups in total. The number of carbonyl (C=O) groups is 3. The molecule has 0 fully saturated rings. The summed E-state index contributed by atoms with van der Waals surface area (Å²) >= 11 is 0. The molecule has 0 bridgehead atoms. The number of carboxylic acids is 2. The normalized spacial score (nSPS) is 14.5. The van der Waals surface area contributed by atoms with Gasteiger partial charge < -0.3 is 35.5 Å². The summed E-state index contributed by atoms with van der Waals surface area (Å²) in [5.74, 6) is -1.96. The molecule has 31 heavy (non-hydrogen) atoms. The van der Waals surface area contributed by atoms with Gasteiger partial charge in [0, 0.05) is 6.04 Å². The summed E-state index contributed by atoms with van der Waals surface area (Å²) in [6, 6.07) is -0.330. The molecule has 184 valence electrons. The van der Waals surface area contributed by atoms with E-state index in [0.717, 1.165) is 6.42 Å². The lowest BCUT2D eigenvalue weighted by atomic mass is 9.89. The van der Waals surface area contributed by atoms with Gasteiger partial charge in [0.15, 0.2) is 6.10 Å². The van der Waals surface area contributed by atoms with Crippen LogP contribution in [0.1, 0.15) is 68.2 Å². The second-order valence-electron chi connectivity index (χ2n) is 9.25. The van der Waals surface area contributed by atoms with Crippen molar-refractivity contribution in [2.45, 2.75) is 92.0 Å². The van der Waals surface area contributed by atoms with Crippen molar-refractivity contribution in [2.75, 3.05) is 19.8 Å². The van der Waals surface area contributed by atoms with E-state index in [-0.39, 0.29) is 25.3 Å². The zero-order chi connectivity index (χ0) is 24.8. The third-order valence-corrected chi connectivity index (χ3v) is 3.77. The molecule has 10 nitrogen and oxygen atoms in total. The average Bonchev–Trinajstić information content (AvgIpc) is 2.57. The van der Waals surface area contributed by atoms with E-state index in [1.54, 1.807) is 41.5 Å². The van der Waals surface area contributed by atoms with Gasteiger partial charge in [-0.05, 0) is 39.0 Å². The van der Waals surface area contributed by atoms with Crippen LogP contribution in [0.5, 0.6) is 0 Å². The molecule has 1 amide bonds. The molecule has 3 atom stereocenters. The highest BCUT2D eigenvalue weighted by Gasteiger charge is 2.33. The van der Waals surface area contributed by atoms with Crippen LogP contribution in [0, 0.1) is 5.41 Å². The Morgan fingerprint density at radius 1 is 0.968 bits per heavy atom. The third kappa shape index (κ3) is 18.6. The summed E-state index contributed by atoms with van der Waals surface area (Å²) in [4.78, 5) is 32.8. The van der Waals surface area contributed by atoms with Gasteiger partial charge in [-0.1, -0.05) is 34.6 Å². The predicted molar refractivity (Wildman–Crippen MR) is 117 cm³/mol. The van der Waals surface area contributed by atoms with E-state index in [2.05, 4.69) is 5.32 Å².